The number of benzene rings is 1. The molecule has 7 nitrogen and oxygen atoms in total. The molecule has 2 saturated heterocycles. The van der Waals surface area contributed by atoms with Gasteiger partial charge in [0.25, 0.3) is 5.82 Å². The van der Waals surface area contributed by atoms with Crippen molar-refractivity contribution in [3.05, 3.63) is 47.7 Å². The first-order valence-corrected chi connectivity index (χ1v) is 11.6. The normalized spacial score (nSPS) is 18.8. The molecule has 29 heavy (non-hydrogen) atoms. The fourth-order valence-electron chi connectivity index (χ4n) is 3.96. The number of piperazine rings is 1. The molecule has 2 aliphatic heterocycles. The Labute approximate surface area is 172 Å². The second kappa shape index (κ2) is 8.30. The summed E-state index contributed by atoms with van der Waals surface area (Å²) in [5.41, 5.74) is 3.96. The molecule has 1 aromatic carbocycles. The van der Waals surface area contributed by atoms with E-state index in [1.807, 2.05) is 6.07 Å². The number of aromatic nitrogens is 1. The van der Waals surface area contributed by atoms with Gasteiger partial charge < -0.3 is 9.64 Å². The maximum absolute atomic E-state index is 12.8. The van der Waals surface area contributed by atoms with Gasteiger partial charge in [0.05, 0.1) is 26.3 Å². The number of pyridine rings is 1. The van der Waals surface area contributed by atoms with E-state index in [1.165, 1.54) is 21.1 Å². The first-order valence-electron chi connectivity index (χ1n) is 10.1. The Hall–Kier alpha value is -2.16. The fraction of sp³-hybridized carbons (Fsp3) is 0.476. The van der Waals surface area contributed by atoms with Crippen molar-refractivity contribution in [1.82, 2.24) is 4.31 Å². The van der Waals surface area contributed by atoms with Crippen molar-refractivity contribution in [2.75, 3.05) is 62.3 Å². The highest BCUT2D eigenvalue weighted by atomic mass is 32.2. The molecule has 2 aromatic rings. The molecular formula is C21H29N4O3S+. The summed E-state index contributed by atoms with van der Waals surface area (Å²) >= 11 is 0. The van der Waals surface area contributed by atoms with Gasteiger partial charge in [0.2, 0.25) is 10.0 Å². The van der Waals surface area contributed by atoms with Crippen molar-refractivity contribution in [3.63, 3.8) is 0 Å². The zero-order valence-corrected chi connectivity index (χ0v) is 17.9. The van der Waals surface area contributed by atoms with Crippen LogP contribution >= 0.6 is 0 Å². The molecule has 0 aliphatic carbocycles. The number of H-pyrrole nitrogens is 1. The molecule has 0 radical (unpaired) electrons. The third kappa shape index (κ3) is 4.10. The number of hydrogen-bond acceptors (Lipinski definition) is 5. The number of sulfonamides is 1. The molecule has 2 aliphatic rings. The molecule has 0 unspecified atom stereocenters. The molecule has 156 valence electrons. The topological polar surface area (TPSA) is 67.2 Å². The predicted octanol–water partition coefficient (Wildman–Crippen LogP) is 1.47. The zero-order chi connectivity index (χ0) is 20.4. The number of hydrogen-bond donors (Lipinski definition) is 0. The van der Waals surface area contributed by atoms with Crippen molar-refractivity contribution in [2.24, 2.45) is 0 Å². The SMILES string of the molecule is Cc1cccc(N2CCN(c3ccc(S(=O)(=O)N4CCOCC4)c[nH+]3)CC2)c1C. The van der Waals surface area contributed by atoms with Crippen LogP contribution in [0.3, 0.4) is 0 Å². The van der Waals surface area contributed by atoms with Gasteiger partial charge in [-0.15, -0.1) is 0 Å². The van der Waals surface area contributed by atoms with Crippen LogP contribution in [0.2, 0.25) is 0 Å². The highest BCUT2D eigenvalue weighted by Gasteiger charge is 2.29. The lowest BCUT2D eigenvalue weighted by molar-refractivity contribution is -0.367. The van der Waals surface area contributed by atoms with Gasteiger partial charge in [0, 0.05) is 24.8 Å². The zero-order valence-electron chi connectivity index (χ0n) is 17.1. The average molecular weight is 418 g/mol. The van der Waals surface area contributed by atoms with Crippen molar-refractivity contribution in [2.45, 2.75) is 18.7 Å². The average Bonchev–Trinajstić information content (AvgIpc) is 2.76. The number of ether oxygens (including phenoxy) is 1. The largest absolute Gasteiger partial charge is 0.379 e. The lowest BCUT2D eigenvalue weighted by Gasteiger charge is -2.33. The molecule has 2 fully saturated rings. The minimum Gasteiger partial charge on any atom is -0.379 e. The summed E-state index contributed by atoms with van der Waals surface area (Å²) in [5.74, 6) is 0.951. The molecule has 0 bridgehead atoms. The van der Waals surface area contributed by atoms with E-state index in [0.717, 1.165) is 32.0 Å². The Morgan fingerprint density at radius 2 is 1.59 bits per heavy atom. The van der Waals surface area contributed by atoms with Crippen molar-refractivity contribution >= 4 is 21.5 Å². The summed E-state index contributed by atoms with van der Waals surface area (Å²) in [6.45, 7) is 9.69. The van der Waals surface area contributed by atoms with Crippen molar-refractivity contribution in [3.8, 4) is 0 Å². The molecule has 0 saturated carbocycles. The van der Waals surface area contributed by atoms with Gasteiger partial charge in [-0.05, 0) is 37.1 Å². The molecule has 8 heteroatoms. The van der Waals surface area contributed by atoms with E-state index in [4.69, 9.17) is 4.74 Å². The summed E-state index contributed by atoms with van der Waals surface area (Å²) in [5, 5.41) is 0. The highest BCUT2D eigenvalue weighted by Crippen LogP contribution is 2.25. The van der Waals surface area contributed by atoms with Crippen LogP contribution in [0.15, 0.2) is 41.4 Å². The van der Waals surface area contributed by atoms with E-state index in [-0.39, 0.29) is 0 Å². The lowest BCUT2D eigenvalue weighted by atomic mass is 10.1. The third-order valence-corrected chi connectivity index (χ3v) is 7.81. The number of rotatable bonds is 4. The number of morpholine rings is 1. The summed E-state index contributed by atoms with van der Waals surface area (Å²) < 4.78 is 32.3. The first-order chi connectivity index (χ1) is 14.0. The summed E-state index contributed by atoms with van der Waals surface area (Å²) in [6, 6.07) is 10.0. The third-order valence-electron chi connectivity index (χ3n) is 5.91. The monoisotopic (exact) mass is 417 g/mol. The van der Waals surface area contributed by atoms with Crippen LogP contribution in [0, 0.1) is 13.8 Å². The standard InChI is InChI=1S/C21H28N4O3S/c1-17-4-3-5-20(18(17)2)23-8-10-24(11-9-23)21-7-6-19(16-22-21)29(26,27)25-12-14-28-15-13-25/h3-7,16H,8-15H2,1-2H3/p+1. The van der Waals surface area contributed by atoms with Crippen molar-refractivity contribution < 1.29 is 18.1 Å². The number of aromatic amines is 1. The van der Waals surface area contributed by atoms with E-state index in [9.17, 15) is 8.42 Å². The van der Waals surface area contributed by atoms with Gasteiger partial charge in [-0.25, -0.2) is 13.4 Å². The Bertz CT molecular complexity index is 948. The molecule has 0 amide bonds. The van der Waals surface area contributed by atoms with E-state index >= 15 is 0 Å². The van der Waals surface area contributed by atoms with Gasteiger partial charge in [-0.1, -0.05) is 12.1 Å². The molecule has 0 atom stereocenters. The van der Waals surface area contributed by atoms with Gasteiger partial charge >= 0.3 is 0 Å². The maximum atomic E-state index is 12.8. The Morgan fingerprint density at radius 3 is 2.24 bits per heavy atom. The molecule has 1 N–H and O–H groups in total. The number of aryl methyl sites for hydroxylation is 1. The number of nitrogens with zero attached hydrogens (tertiary/aromatic N) is 3. The van der Waals surface area contributed by atoms with Gasteiger partial charge in [0.15, 0.2) is 0 Å². The van der Waals surface area contributed by atoms with Crippen LogP contribution in [-0.4, -0.2) is 65.2 Å². The van der Waals surface area contributed by atoms with Gasteiger partial charge in [-0.3, -0.25) is 4.90 Å². The smallest absolute Gasteiger partial charge is 0.274 e. The molecule has 0 spiro atoms. The quantitative estimate of drug-likeness (QED) is 0.754. The maximum Gasteiger partial charge on any atom is 0.274 e. The minimum absolute atomic E-state index is 0.303. The fourth-order valence-corrected chi connectivity index (χ4v) is 5.34. The van der Waals surface area contributed by atoms with Crippen LogP contribution in [0.5, 0.6) is 0 Å². The summed E-state index contributed by atoms with van der Waals surface area (Å²) in [4.78, 5) is 8.20. The highest BCUT2D eigenvalue weighted by molar-refractivity contribution is 7.89. The lowest BCUT2D eigenvalue weighted by Crippen LogP contribution is -2.48. The van der Waals surface area contributed by atoms with Gasteiger partial charge in [0.1, 0.15) is 24.2 Å². The van der Waals surface area contributed by atoms with Crippen LogP contribution in [-0.2, 0) is 14.8 Å². The van der Waals surface area contributed by atoms with E-state index < -0.39 is 10.0 Å². The second-order valence-electron chi connectivity index (χ2n) is 7.62. The van der Waals surface area contributed by atoms with Crippen LogP contribution in [0.1, 0.15) is 11.1 Å². The number of nitrogens with one attached hydrogen (secondary N) is 1. The van der Waals surface area contributed by atoms with Gasteiger partial charge in [-0.2, -0.15) is 4.31 Å². The first kappa shape index (κ1) is 20.1. The Kier molecular flexibility index (Phi) is 5.76. The molecule has 1 aromatic heterocycles. The predicted molar refractivity (Wildman–Crippen MR) is 113 cm³/mol. The Morgan fingerprint density at radius 1 is 0.897 bits per heavy atom. The summed E-state index contributed by atoms with van der Waals surface area (Å²) in [7, 11) is -3.47. The minimum atomic E-state index is -3.47. The van der Waals surface area contributed by atoms with E-state index in [0.29, 0.717) is 31.2 Å². The van der Waals surface area contributed by atoms with Crippen molar-refractivity contribution in [1.29, 1.82) is 0 Å². The second-order valence-corrected chi connectivity index (χ2v) is 9.56. The molecule has 3 heterocycles. The van der Waals surface area contributed by atoms with E-state index in [1.54, 1.807) is 12.3 Å². The number of anilines is 2. The summed E-state index contributed by atoms with van der Waals surface area (Å²) in [6.07, 6.45) is 1.61. The van der Waals surface area contributed by atoms with Crippen LogP contribution < -0.4 is 14.8 Å². The molecular weight excluding hydrogens is 388 g/mol. The van der Waals surface area contributed by atoms with Crippen LogP contribution in [0.25, 0.3) is 0 Å². The molecule has 4 rings (SSSR count). The van der Waals surface area contributed by atoms with E-state index in [2.05, 4.69) is 46.8 Å². The Balaban J connectivity index is 1.42. The van der Waals surface area contributed by atoms with Crippen LogP contribution in [0.4, 0.5) is 11.5 Å².